The number of hydrogen-bond acceptors (Lipinski definition) is 8. The van der Waals surface area contributed by atoms with Gasteiger partial charge in [0.05, 0.1) is 47.4 Å². The largest absolute Gasteiger partial charge is 0.434 e. The number of amides is 3. The average molecular weight is 766 g/mol. The number of imidazole rings is 1. The Morgan fingerprint density at radius 3 is 2.55 bits per heavy atom. The van der Waals surface area contributed by atoms with E-state index in [1.165, 1.54) is 4.57 Å². The number of aromatic nitrogens is 6. The first kappa shape index (κ1) is 36.5. The lowest BCUT2D eigenvalue weighted by Crippen LogP contribution is -2.49. The number of para-hydroxylation sites is 1. The molecule has 2 aromatic carbocycles. The maximum absolute atomic E-state index is 16.0. The predicted octanol–water partition coefficient (Wildman–Crippen LogP) is 5.57. The molecule has 2 atom stereocenters. The summed E-state index contributed by atoms with van der Waals surface area (Å²) < 4.78 is 74.1. The molecular weight excluding hydrogens is 729 g/mol. The number of H-pyrrole nitrogens is 1. The molecule has 0 radical (unpaired) electrons. The second-order valence-electron chi connectivity index (χ2n) is 14.6. The molecule has 2 aliphatic heterocycles. The fraction of sp³-hybridized carbons (Fsp3) is 0.432. The van der Waals surface area contributed by atoms with Crippen molar-refractivity contribution in [2.24, 2.45) is 5.92 Å². The number of carbonyl (C=O) groups excluding carboxylic acids is 3. The van der Waals surface area contributed by atoms with Crippen molar-refractivity contribution >= 4 is 45.3 Å². The van der Waals surface area contributed by atoms with E-state index >= 15 is 8.78 Å². The van der Waals surface area contributed by atoms with Gasteiger partial charge in [0.25, 0.3) is 11.8 Å². The molecule has 3 aromatic heterocycles. The van der Waals surface area contributed by atoms with Crippen LogP contribution in [-0.2, 0) is 15.8 Å². The number of halogens is 5. The number of anilines is 1. The molecule has 1 aliphatic carbocycles. The van der Waals surface area contributed by atoms with Crippen LogP contribution in [0.4, 0.5) is 27.6 Å². The van der Waals surface area contributed by atoms with Crippen LogP contribution < -0.4 is 16.3 Å². The molecule has 13 nitrogen and oxygen atoms in total. The fourth-order valence-corrected chi connectivity index (χ4v) is 8.32. The molecule has 0 spiro atoms. The number of rotatable bonds is 7. The number of imide groups is 1. The zero-order valence-corrected chi connectivity index (χ0v) is 29.3. The molecule has 1 unspecified atom stereocenters. The molecular formula is C37H36F5N9O4. The molecule has 3 aliphatic rings. The second kappa shape index (κ2) is 14.0. The van der Waals surface area contributed by atoms with Gasteiger partial charge in [-0.05, 0) is 80.8 Å². The monoisotopic (exact) mass is 765 g/mol. The third kappa shape index (κ3) is 7.22. The number of piperidine rings is 2. The van der Waals surface area contributed by atoms with E-state index in [0.29, 0.717) is 41.6 Å². The number of fused-ring (bicyclic) bond motifs is 2. The number of hydrogen-bond donors (Lipinski definition) is 3. The topological polar surface area (TPSA) is 160 Å². The minimum absolute atomic E-state index is 0.0764. The van der Waals surface area contributed by atoms with Crippen molar-refractivity contribution in [3.8, 4) is 0 Å². The highest BCUT2D eigenvalue weighted by Gasteiger charge is 2.47. The standard InChI is InChI=1S/C37H36F5N9O4/c38-36(39)19-49(13-12-25(36)24-2-1-3-28-32(24)47-35(55)51(28)29-10-11-31(52)46-34(29)54)17-20-4-7-23(8-5-20)50-18-21-14-22(6-9-26(21)48-50)44-33(53)27-15-43-16-30(45-27)37(40,41)42/h1-3,6,9,14-16,18,20,23,25,29H,4-5,7-8,10-13,17,19H2,(H,44,53)(H,47,55)(H,46,52,54)/t20?,23?,25-,29?/m0/s1. The highest BCUT2D eigenvalue weighted by atomic mass is 19.4. The summed E-state index contributed by atoms with van der Waals surface area (Å²) in [5, 5.41) is 10.2. The molecule has 3 N–H and O–H groups in total. The summed E-state index contributed by atoms with van der Waals surface area (Å²) in [5.41, 5.74) is -0.313. The van der Waals surface area contributed by atoms with E-state index in [2.05, 4.69) is 25.6 Å². The quantitative estimate of drug-likeness (QED) is 0.143. The second-order valence-corrected chi connectivity index (χ2v) is 14.6. The number of likely N-dealkylation sites (tertiary alicyclic amines) is 1. The number of aromatic amines is 1. The van der Waals surface area contributed by atoms with Gasteiger partial charge >= 0.3 is 11.9 Å². The Balaban J connectivity index is 0.878. The van der Waals surface area contributed by atoms with Crippen LogP contribution in [-0.4, -0.2) is 77.5 Å². The lowest BCUT2D eigenvalue weighted by atomic mass is 9.83. The van der Waals surface area contributed by atoms with Gasteiger partial charge in [-0.25, -0.2) is 18.6 Å². The molecule has 5 aromatic rings. The zero-order valence-electron chi connectivity index (χ0n) is 29.3. The molecule has 288 valence electrons. The lowest BCUT2D eigenvalue weighted by molar-refractivity contribution is -0.141. The van der Waals surface area contributed by atoms with Crippen molar-refractivity contribution in [2.45, 2.75) is 75.0 Å². The Morgan fingerprint density at radius 2 is 1.80 bits per heavy atom. The van der Waals surface area contributed by atoms with Gasteiger partial charge in [0.1, 0.15) is 11.7 Å². The van der Waals surface area contributed by atoms with Crippen LogP contribution in [0.3, 0.4) is 0 Å². The Bertz CT molecular complexity index is 2360. The summed E-state index contributed by atoms with van der Waals surface area (Å²) in [6.45, 7) is 0.566. The van der Waals surface area contributed by atoms with Crippen molar-refractivity contribution in [1.82, 2.24) is 39.5 Å². The number of nitrogens with one attached hydrogen (secondary N) is 3. The molecule has 3 fully saturated rings. The third-order valence-corrected chi connectivity index (χ3v) is 11.0. The van der Waals surface area contributed by atoms with Crippen molar-refractivity contribution in [2.75, 3.05) is 25.0 Å². The van der Waals surface area contributed by atoms with Gasteiger partial charge in [0.2, 0.25) is 11.8 Å². The van der Waals surface area contributed by atoms with Crippen LogP contribution in [0.25, 0.3) is 21.9 Å². The number of benzene rings is 2. The maximum atomic E-state index is 16.0. The highest BCUT2D eigenvalue weighted by Crippen LogP contribution is 2.43. The summed E-state index contributed by atoms with van der Waals surface area (Å²) in [6, 6.07) is 9.01. The van der Waals surface area contributed by atoms with Crippen LogP contribution in [0.2, 0.25) is 0 Å². The first-order valence-electron chi connectivity index (χ1n) is 18.1. The van der Waals surface area contributed by atoms with E-state index in [0.717, 1.165) is 37.3 Å². The Labute approximate surface area is 309 Å². The smallest absolute Gasteiger partial charge is 0.321 e. The molecule has 1 saturated carbocycles. The first-order valence-corrected chi connectivity index (χ1v) is 18.1. The lowest BCUT2D eigenvalue weighted by Gasteiger charge is -2.41. The minimum atomic E-state index is -4.73. The Morgan fingerprint density at radius 1 is 1.00 bits per heavy atom. The normalized spacial score (nSPS) is 23.6. The summed E-state index contributed by atoms with van der Waals surface area (Å²) in [4.78, 5) is 61.3. The van der Waals surface area contributed by atoms with Crippen LogP contribution in [0, 0.1) is 5.92 Å². The molecule has 5 heterocycles. The van der Waals surface area contributed by atoms with E-state index in [9.17, 15) is 32.3 Å². The van der Waals surface area contributed by atoms with Gasteiger partial charge < -0.3 is 10.3 Å². The SMILES string of the molecule is O=C1CCC(n2c(=O)[nH]c3c([C@@H]4CCN(CC5CCC(n6cc7cc(NC(=O)c8cncc(C(F)(F)F)n8)ccc7n6)CC5)CC4(F)F)cccc32)C(=O)N1. The van der Waals surface area contributed by atoms with E-state index in [-0.39, 0.29) is 36.7 Å². The number of alkyl halides is 5. The zero-order chi connectivity index (χ0) is 38.6. The third-order valence-electron chi connectivity index (χ3n) is 11.0. The Kier molecular flexibility index (Phi) is 9.25. The van der Waals surface area contributed by atoms with Crippen LogP contribution in [0.1, 0.15) is 84.7 Å². The molecule has 2 saturated heterocycles. The minimum Gasteiger partial charge on any atom is -0.321 e. The molecule has 18 heteroatoms. The molecule has 3 amide bonds. The molecule has 55 heavy (non-hydrogen) atoms. The summed E-state index contributed by atoms with van der Waals surface area (Å²) in [7, 11) is 0. The van der Waals surface area contributed by atoms with Gasteiger partial charge in [0.15, 0.2) is 5.69 Å². The van der Waals surface area contributed by atoms with Crippen molar-refractivity contribution in [3.63, 3.8) is 0 Å². The summed E-state index contributed by atoms with van der Waals surface area (Å²) in [6.07, 6.45) is 2.27. The van der Waals surface area contributed by atoms with E-state index in [1.54, 1.807) is 36.4 Å². The van der Waals surface area contributed by atoms with Gasteiger partial charge in [-0.15, -0.1) is 0 Å². The van der Waals surface area contributed by atoms with Gasteiger partial charge in [-0.1, -0.05) is 12.1 Å². The number of nitrogens with zero attached hydrogens (tertiary/aromatic N) is 6. The average Bonchev–Trinajstić information content (AvgIpc) is 3.72. The van der Waals surface area contributed by atoms with E-state index in [1.807, 2.05) is 15.8 Å². The van der Waals surface area contributed by atoms with Gasteiger partial charge in [0, 0.05) is 30.2 Å². The van der Waals surface area contributed by atoms with Crippen molar-refractivity contribution in [1.29, 1.82) is 0 Å². The summed E-state index contributed by atoms with van der Waals surface area (Å²) in [5.74, 6) is -5.83. The predicted molar refractivity (Wildman–Crippen MR) is 188 cm³/mol. The first-order chi connectivity index (χ1) is 26.2. The highest BCUT2D eigenvalue weighted by molar-refractivity contribution is 6.03. The molecule has 8 rings (SSSR count). The van der Waals surface area contributed by atoms with Crippen LogP contribution in [0.15, 0.2) is 59.8 Å². The van der Waals surface area contributed by atoms with Crippen LogP contribution in [0.5, 0.6) is 0 Å². The van der Waals surface area contributed by atoms with E-state index < -0.39 is 65.4 Å². The van der Waals surface area contributed by atoms with Crippen LogP contribution >= 0.6 is 0 Å². The molecule has 0 bridgehead atoms. The number of carbonyl (C=O) groups is 3. The Hall–Kier alpha value is -5.52. The van der Waals surface area contributed by atoms with Crippen molar-refractivity contribution < 1.29 is 36.3 Å². The van der Waals surface area contributed by atoms with Gasteiger partial charge in [-0.2, -0.15) is 18.3 Å². The van der Waals surface area contributed by atoms with Gasteiger partial charge in [-0.3, -0.25) is 38.8 Å². The summed E-state index contributed by atoms with van der Waals surface area (Å²) >= 11 is 0. The fourth-order valence-electron chi connectivity index (χ4n) is 8.32. The van der Waals surface area contributed by atoms with E-state index in [4.69, 9.17) is 5.10 Å². The maximum Gasteiger partial charge on any atom is 0.434 e. The van der Waals surface area contributed by atoms with Crippen molar-refractivity contribution in [3.05, 3.63) is 82.4 Å².